The summed E-state index contributed by atoms with van der Waals surface area (Å²) in [5.41, 5.74) is 1.68. The number of amides is 1. The van der Waals surface area contributed by atoms with Gasteiger partial charge in [-0.1, -0.05) is 45.0 Å². The van der Waals surface area contributed by atoms with Gasteiger partial charge in [0, 0.05) is 23.2 Å². The summed E-state index contributed by atoms with van der Waals surface area (Å²) >= 11 is 0. The number of non-ortho nitro benzene ring substituents is 1. The highest BCUT2D eigenvalue weighted by molar-refractivity contribution is 6.51. The number of nitro groups is 1. The number of ketones is 1. The number of benzene rings is 2. The molecule has 0 radical (unpaired) electrons. The van der Waals surface area contributed by atoms with Gasteiger partial charge in [-0.25, -0.2) is 0 Å². The monoisotopic (exact) mass is 420 g/mol. The summed E-state index contributed by atoms with van der Waals surface area (Å²) in [5, 5.41) is 18.3. The van der Waals surface area contributed by atoms with Crippen LogP contribution in [0.4, 0.5) is 17.1 Å². The lowest BCUT2D eigenvalue weighted by molar-refractivity contribution is -0.384. The first-order chi connectivity index (χ1) is 14.6. The summed E-state index contributed by atoms with van der Waals surface area (Å²) in [5.74, 6) is -0.741. The maximum Gasteiger partial charge on any atom is 0.271 e. The molecule has 31 heavy (non-hydrogen) atoms. The van der Waals surface area contributed by atoms with E-state index in [4.69, 9.17) is 0 Å². The molecule has 2 aliphatic rings. The number of carbonyl (C=O) groups excluding carboxylic acids is 2. The number of hydrazone groups is 1. The highest BCUT2D eigenvalue weighted by Crippen LogP contribution is 2.69. The lowest BCUT2D eigenvalue weighted by Gasteiger charge is -2.37. The molecule has 2 unspecified atom stereocenters. The SMILES string of the molecule is CC12CCC(C(=O)Nc3cccc([N+](=O)[O-])c3)(C(=O)C1=NNc1ccccc1)C2(C)C. The lowest BCUT2D eigenvalue weighted by atomic mass is 9.64. The molecule has 8 heteroatoms. The van der Waals surface area contributed by atoms with E-state index in [-0.39, 0.29) is 11.5 Å². The molecule has 0 saturated heterocycles. The number of hydrogen-bond donors (Lipinski definition) is 2. The first-order valence-electron chi connectivity index (χ1n) is 10.1. The third kappa shape index (κ3) is 2.85. The van der Waals surface area contributed by atoms with Crippen LogP contribution in [0.2, 0.25) is 0 Å². The van der Waals surface area contributed by atoms with Crippen molar-refractivity contribution in [3.8, 4) is 0 Å². The average Bonchev–Trinajstić information content (AvgIpc) is 3.02. The minimum atomic E-state index is -1.29. The maximum atomic E-state index is 13.6. The normalized spacial score (nSPS) is 27.3. The summed E-state index contributed by atoms with van der Waals surface area (Å²) in [6, 6.07) is 15.0. The molecule has 2 atom stereocenters. The van der Waals surface area contributed by atoms with Crippen molar-refractivity contribution in [3.63, 3.8) is 0 Å². The number of fused-ring (bicyclic) bond motifs is 2. The first kappa shape index (κ1) is 20.7. The molecule has 2 aliphatic carbocycles. The predicted molar refractivity (Wildman–Crippen MR) is 118 cm³/mol. The van der Waals surface area contributed by atoms with E-state index in [1.54, 1.807) is 6.07 Å². The first-order valence-corrected chi connectivity index (χ1v) is 10.1. The number of para-hydroxylation sites is 1. The van der Waals surface area contributed by atoms with E-state index in [2.05, 4.69) is 15.8 Å². The average molecular weight is 420 g/mol. The highest BCUT2D eigenvalue weighted by Gasteiger charge is 2.76. The van der Waals surface area contributed by atoms with Crippen molar-refractivity contribution in [1.29, 1.82) is 0 Å². The second-order valence-corrected chi connectivity index (χ2v) is 8.89. The highest BCUT2D eigenvalue weighted by atomic mass is 16.6. The largest absolute Gasteiger partial charge is 0.325 e. The predicted octanol–water partition coefficient (Wildman–Crippen LogP) is 4.40. The van der Waals surface area contributed by atoms with Crippen molar-refractivity contribution in [1.82, 2.24) is 0 Å². The van der Waals surface area contributed by atoms with Gasteiger partial charge in [-0.2, -0.15) is 5.10 Å². The van der Waals surface area contributed by atoms with Gasteiger partial charge in [0.15, 0.2) is 5.78 Å². The van der Waals surface area contributed by atoms with Gasteiger partial charge in [-0.15, -0.1) is 0 Å². The van der Waals surface area contributed by atoms with E-state index in [1.807, 2.05) is 51.1 Å². The molecule has 2 aromatic carbocycles. The minimum absolute atomic E-state index is 0.127. The molecule has 8 nitrogen and oxygen atoms in total. The van der Waals surface area contributed by atoms with E-state index in [0.29, 0.717) is 24.2 Å². The van der Waals surface area contributed by atoms with Gasteiger partial charge >= 0.3 is 0 Å². The second-order valence-electron chi connectivity index (χ2n) is 8.89. The molecule has 1 amide bonds. The van der Waals surface area contributed by atoms with Crippen molar-refractivity contribution < 1.29 is 14.5 Å². The molecule has 2 saturated carbocycles. The zero-order valence-corrected chi connectivity index (χ0v) is 17.6. The molecular weight excluding hydrogens is 396 g/mol. The van der Waals surface area contributed by atoms with Gasteiger partial charge in [0.1, 0.15) is 11.1 Å². The third-order valence-electron chi connectivity index (χ3n) is 7.34. The summed E-state index contributed by atoms with van der Waals surface area (Å²) in [6.45, 7) is 5.83. The summed E-state index contributed by atoms with van der Waals surface area (Å²) in [4.78, 5) is 37.6. The number of nitro benzene ring substituents is 1. The van der Waals surface area contributed by atoms with Crippen molar-refractivity contribution in [2.45, 2.75) is 33.6 Å². The summed E-state index contributed by atoms with van der Waals surface area (Å²) < 4.78 is 0. The Morgan fingerprint density at radius 2 is 1.71 bits per heavy atom. The summed E-state index contributed by atoms with van der Waals surface area (Å²) in [6.07, 6.45) is 1.05. The third-order valence-corrected chi connectivity index (χ3v) is 7.34. The van der Waals surface area contributed by atoms with Crippen molar-refractivity contribution in [2.24, 2.45) is 21.3 Å². The van der Waals surface area contributed by atoms with Crippen LogP contribution in [0.25, 0.3) is 0 Å². The van der Waals surface area contributed by atoms with Crippen molar-refractivity contribution in [2.75, 3.05) is 10.7 Å². The van der Waals surface area contributed by atoms with Crippen LogP contribution < -0.4 is 10.7 Å². The zero-order valence-electron chi connectivity index (χ0n) is 17.6. The van der Waals surface area contributed by atoms with E-state index < -0.39 is 27.1 Å². The van der Waals surface area contributed by atoms with Crippen molar-refractivity contribution in [3.05, 3.63) is 64.7 Å². The Hall–Kier alpha value is -3.55. The molecule has 0 spiro atoms. The van der Waals surface area contributed by atoms with Gasteiger partial charge < -0.3 is 5.32 Å². The van der Waals surface area contributed by atoms with E-state index in [9.17, 15) is 19.7 Å². The molecule has 160 valence electrons. The fourth-order valence-electron chi connectivity index (χ4n) is 5.04. The second kappa shape index (κ2) is 7.01. The van der Waals surface area contributed by atoms with Gasteiger partial charge in [-0.3, -0.25) is 25.1 Å². The zero-order chi connectivity index (χ0) is 22.4. The Bertz CT molecular complexity index is 1110. The molecule has 0 heterocycles. The van der Waals surface area contributed by atoms with Crippen LogP contribution in [0.15, 0.2) is 59.7 Å². The molecule has 2 N–H and O–H groups in total. The number of nitrogens with zero attached hydrogens (tertiary/aromatic N) is 2. The van der Waals surface area contributed by atoms with Gasteiger partial charge in [0.05, 0.1) is 10.6 Å². The van der Waals surface area contributed by atoms with Gasteiger partial charge in [0.2, 0.25) is 5.91 Å². The van der Waals surface area contributed by atoms with E-state index in [1.165, 1.54) is 18.2 Å². The molecular formula is C23H24N4O4. The Kier molecular flexibility index (Phi) is 4.68. The number of hydrogen-bond acceptors (Lipinski definition) is 6. The number of Topliss-reactive ketones (excluding diaryl/α,β-unsaturated/α-hetero) is 1. The van der Waals surface area contributed by atoms with Crippen LogP contribution in [-0.4, -0.2) is 22.3 Å². The topological polar surface area (TPSA) is 114 Å². The molecule has 4 rings (SSSR count). The molecule has 2 bridgehead atoms. The molecule has 2 fully saturated rings. The number of nitrogens with one attached hydrogen (secondary N) is 2. The fourth-order valence-corrected chi connectivity index (χ4v) is 5.04. The van der Waals surface area contributed by atoms with Crippen LogP contribution in [0, 0.1) is 26.4 Å². The number of anilines is 2. The van der Waals surface area contributed by atoms with E-state index >= 15 is 0 Å². The number of rotatable bonds is 5. The molecule has 2 aromatic rings. The number of carbonyl (C=O) groups is 2. The van der Waals surface area contributed by atoms with Gasteiger partial charge in [-0.05, 0) is 36.5 Å². The summed E-state index contributed by atoms with van der Waals surface area (Å²) in [7, 11) is 0. The van der Waals surface area contributed by atoms with Crippen LogP contribution in [0.3, 0.4) is 0 Å². The van der Waals surface area contributed by atoms with Crippen molar-refractivity contribution >= 4 is 34.5 Å². The van der Waals surface area contributed by atoms with Crippen LogP contribution in [0.5, 0.6) is 0 Å². The lowest BCUT2D eigenvalue weighted by Crippen LogP contribution is -2.47. The minimum Gasteiger partial charge on any atom is -0.325 e. The Morgan fingerprint density at radius 3 is 2.39 bits per heavy atom. The van der Waals surface area contributed by atoms with E-state index in [0.717, 1.165) is 5.69 Å². The van der Waals surface area contributed by atoms with Crippen LogP contribution >= 0.6 is 0 Å². The standard InChI is InChI=1S/C23H24N4O4/c1-21(2)22(3)12-13-23(21,19(28)18(22)26-25-15-8-5-4-6-9-15)20(29)24-16-10-7-11-17(14-16)27(30)31/h4-11,14,25H,12-13H2,1-3H3,(H,24,29). The van der Waals surface area contributed by atoms with Crippen LogP contribution in [0.1, 0.15) is 33.6 Å². The maximum absolute atomic E-state index is 13.6. The van der Waals surface area contributed by atoms with Crippen LogP contribution in [-0.2, 0) is 9.59 Å². The molecule has 0 aliphatic heterocycles. The Labute approximate surface area is 179 Å². The van der Waals surface area contributed by atoms with Gasteiger partial charge in [0.25, 0.3) is 5.69 Å². The Balaban J connectivity index is 1.68. The smallest absolute Gasteiger partial charge is 0.271 e. The Morgan fingerprint density at radius 1 is 1.03 bits per heavy atom. The quantitative estimate of drug-likeness (QED) is 0.423. The fraction of sp³-hybridized carbons (Fsp3) is 0.348. The molecule has 0 aromatic heterocycles.